The number of ether oxygens (including phenoxy) is 1. The van der Waals surface area contributed by atoms with Gasteiger partial charge in [-0.1, -0.05) is 35.3 Å². The molecular weight excluding hydrogens is 271 g/mol. The molecule has 1 aromatic carbocycles. The zero-order chi connectivity index (χ0) is 13.0. The number of anilines is 1. The van der Waals surface area contributed by atoms with Crippen LogP contribution in [0.2, 0.25) is 10.0 Å². The second-order valence-electron chi connectivity index (χ2n) is 3.60. The Bertz CT molecular complexity index is 546. The van der Waals surface area contributed by atoms with Gasteiger partial charge in [0.1, 0.15) is 23.2 Å². The number of benzene rings is 1. The molecule has 0 saturated heterocycles. The molecule has 94 valence electrons. The van der Waals surface area contributed by atoms with Gasteiger partial charge in [-0.2, -0.15) is 0 Å². The molecule has 0 atom stereocenters. The summed E-state index contributed by atoms with van der Waals surface area (Å²) >= 11 is 11.9. The highest BCUT2D eigenvalue weighted by Gasteiger charge is 2.06. The van der Waals surface area contributed by atoms with Crippen LogP contribution in [-0.2, 0) is 6.61 Å². The van der Waals surface area contributed by atoms with E-state index in [9.17, 15) is 0 Å². The van der Waals surface area contributed by atoms with Crippen molar-refractivity contribution in [2.75, 3.05) is 12.4 Å². The Morgan fingerprint density at radius 1 is 1.17 bits per heavy atom. The number of halogens is 2. The van der Waals surface area contributed by atoms with Crippen LogP contribution in [0.15, 0.2) is 36.4 Å². The SMILES string of the molecule is CNc1cccc(COc2cccc(Cl)c2Cl)n1. The normalized spacial score (nSPS) is 10.2. The summed E-state index contributed by atoms with van der Waals surface area (Å²) in [6.45, 7) is 0.343. The van der Waals surface area contributed by atoms with Crippen molar-refractivity contribution in [3.63, 3.8) is 0 Å². The van der Waals surface area contributed by atoms with Crippen molar-refractivity contribution in [2.45, 2.75) is 6.61 Å². The Hall–Kier alpha value is -1.45. The van der Waals surface area contributed by atoms with Crippen LogP contribution in [0.5, 0.6) is 5.75 Å². The lowest BCUT2D eigenvalue weighted by Gasteiger charge is -2.09. The van der Waals surface area contributed by atoms with Gasteiger partial charge in [0.15, 0.2) is 0 Å². The molecule has 0 amide bonds. The fourth-order valence-electron chi connectivity index (χ4n) is 1.45. The van der Waals surface area contributed by atoms with Crippen LogP contribution in [0.4, 0.5) is 5.82 Å². The first-order valence-electron chi connectivity index (χ1n) is 5.41. The van der Waals surface area contributed by atoms with Gasteiger partial charge in [0.2, 0.25) is 0 Å². The number of pyridine rings is 1. The molecule has 0 aliphatic carbocycles. The number of hydrogen-bond acceptors (Lipinski definition) is 3. The maximum absolute atomic E-state index is 6.03. The highest BCUT2D eigenvalue weighted by Crippen LogP contribution is 2.31. The lowest BCUT2D eigenvalue weighted by Crippen LogP contribution is -2.01. The minimum Gasteiger partial charge on any atom is -0.486 e. The average Bonchev–Trinajstić information content (AvgIpc) is 2.41. The molecule has 0 unspecified atom stereocenters. The Labute approximate surface area is 116 Å². The topological polar surface area (TPSA) is 34.1 Å². The molecule has 2 rings (SSSR count). The van der Waals surface area contributed by atoms with Crippen molar-refractivity contribution in [3.8, 4) is 5.75 Å². The van der Waals surface area contributed by atoms with Crippen molar-refractivity contribution >= 4 is 29.0 Å². The molecule has 3 nitrogen and oxygen atoms in total. The van der Waals surface area contributed by atoms with Gasteiger partial charge in [-0.25, -0.2) is 4.98 Å². The van der Waals surface area contributed by atoms with Gasteiger partial charge in [-0.05, 0) is 24.3 Å². The van der Waals surface area contributed by atoms with Crippen molar-refractivity contribution in [1.29, 1.82) is 0 Å². The fraction of sp³-hybridized carbons (Fsp3) is 0.154. The van der Waals surface area contributed by atoms with Gasteiger partial charge < -0.3 is 10.1 Å². The number of nitrogens with zero attached hydrogens (tertiary/aromatic N) is 1. The molecule has 0 fully saturated rings. The van der Waals surface area contributed by atoms with E-state index in [-0.39, 0.29) is 0 Å². The third kappa shape index (κ3) is 3.06. The number of rotatable bonds is 4. The molecule has 0 aliphatic heterocycles. The molecular formula is C13H12Cl2N2O. The lowest BCUT2D eigenvalue weighted by atomic mass is 10.3. The third-order valence-electron chi connectivity index (χ3n) is 2.35. The first kappa shape index (κ1) is 13.0. The van der Waals surface area contributed by atoms with E-state index in [1.807, 2.05) is 25.2 Å². The van der Waals surface area contributed by atoms with Gasteiger partial charge in [0, 0.05) is 7.05 Å². The quantitative estimate of drug-likeness (QED) is 0.920. The van der Waals surface area contributed by atoms with Crippen LogP contribution in [0.1, 0.15) is 5.69 Å². The summed E-state index contributed by atoms with van der Waals surface area (Å²) in [5.41, 5.74) is 0.817. The van der Waals surface area contributed by atoms with Crippen LogP contribution in [0, 0.1) is 0 Å². The highest BCUT2D eigenvalue weighted by atomic mass is 35.5. The standard InChI is InChI=1S/C13H12Cl2N2O/c1-16-12-7-2-4-9(17-12)8-18-11-6-3-5-10(14)13(11)15/h2-7H,8H2,1H3,(H,16,17). The molecule has 0 spiro atoms. The highest BCUT2D eigenvalue weighted by molar-refractivity contribution is 6.42. The van der Waals surface area contributed by atoms with E-state index >= 15 is 0 Å². The smallest absolute Gasteiger partial charge is 0.140 e. The molecule has 0 bridgehead atoms. The summed E-state index contributed by atoms with van der Waals surface area (Å²) in [7, 11) is 1.82. The summed E-state index contributed by atoms with van der Waals surface area (Å²) in [6, 6.07) is 11.0. The fourth-order valence-corrected chi connectivity index (χ4v) is 1.79. The van der Waals surface area contributed by atoms with Gasteiger partial charge in [0.25, 0.3) is 0 Å². The minimum absolute atomic E-state index is 0.343. The zero-order valence-electron chi connectivity index (χ0n) is 9.78. The molecule has 1 heterocycles. The summed E-state index contributed by atoms with van der Waals surface area (Å²) in [4.78, 5) is 4.35. The van der Waals surface area contributed by atoms with Crippen molar-refractivity contribution in [1.82, 2.24) is 4.98 Å². The second-order valence-corrected chi connectivity index (χ2v) is 4.39. The Morgan fingerprint density at radius 3 is 2.72 bits per heavy atom. The van der Waals surface area contributed by atoms with E-state index in [4.69, 9.17) is 27.9 Å². The molecule has 18 heavy (non-hydrogen) atoms. The van der Waals surface area contributed by atoms with E-state index in [1.165, 1.54) is 0 Å². The number of hydrogen-bond donors (Lipinski definition) is 1. The predicted octanol–water partition coefficient (Wildman–Crippen LogP) is 4.01. The van der Waals surface area contributed by atoms with E-state index in [0.29, 0.717) is 22.4 Å². The van der Waals surface area contributed by atoms with Crippen LogP contribution >= 0.6 is 23.2 Å². The van der Waals surface area contributed by atoms with Crippen molar-refractivity contribution in [3.05, 3.63) is 52.1 Å². The van der Waals surface area contributed by atoms with Gasteiger partial charge >= 0.3 is 0 Å². The maximum atomic E-state index is 6.03. The maximum Gasteiger partial charge on any atom is 0.140 e. The summed E-state index contributed by atoms with van der Waals surface area (Å²) in [5.74, 6) is 1.36. The molecule has 1 N–H and O–H groups in total. The summed E-state index contributed by atoms with van der Waals surface area (Å²) in [5, 5.41) is 3.87. The van der Waals surface area contributed by atoms with E-state index in [0.717, 1.165) is 11.5 Å². The Morgan fingerprint density at radius 2 is 1.94 bits per heavy atom. The first-order valence-corrected chi connectivity index (χ1v) is 6.17. The van der Waals surface area contributed by atoms with Gasteiger partial charge in [0.05, 0.1) is 10.7 Å². The van der Waals surface area contributed by atoms with Gasteiger partial charge in [-0.15, -0.1) is 0 Å². The molecule has 0 radical (unpaired) electrons. The van der Waals surface area contributed by atoms with Gasteiger partial charge in [-0.3, -0.25) is 0 Å². The van der Waals surface area contributed by atoms with E-state index in [1.54, 1.807) is 18.2 Å². The largest absolute Gasteiger partial charge is 0.486 e. The number of aromatic nitrogens is 1. The van der Waals surface area contributed by atoms with Crippen LogP contribution in [0.25, 0.3) is 0 Å². The second kappa shape index (κ2) is 5.94. The monoisotopic (exact) mass is 282 g/mol. The zero-order valence-corrected chi connectivity index (χ0v) is 11.3. The molecule has 5 heteroatoms. The third-order valence-corrected chi connectivity index (χ3v) is 3.16. The lowest BCUT2D eigenvalue weighted by molar-refractivity contribution is 0.302. The van der Waals surface area contributed by atoms with Crippen LogP contribution in [0.3, 0.4) is 0 Å². The van der Waals surface area contributed by atoms with E-state index < -0.39 is 0 Å². The Kier molecular flexibility index (Phi) is 4.28. The number of nitrogens with one attached hydrogen (secondary N) is 1. The molecule has 0 saturated carbocycles. The van der Waals surface area contributed by atoms with Crippen molar-refractivity contribution in [2.24, 2.45) is 0 Å². The minimum atomic E-state index is 0.343. The first-order chi connectivity index (χ1) is 8.70. The van der Waals surface area contributed by atoms with Crippen LogP contribution < -0.4 is 10.1 Å². The Balaban J connectivity index is 2.09. The summed E-state index contributed by atoms with van der Waals surface area (Å²) < 4.78 is 5.60. The average molecular weight is 283 g/mol. The van der Waals surface area contributed by atoms with Crippen LogP contribution in [-0.4, -0.2) is 12.0 Å². The van der Waals surface area contributed by atoms with E-state index in [2.05, 4.69) is 10.3 Å². The molecule has 0 aliphatic rings. The summed E-state index contributed by atoms with van der Waals surface area (Å²) in [6.07, 6.45) is 0. The molecule has 2 aromatic rings. The van der Waals surface area contributed by atoms with Crippen molar-refractivity contribution < 1.29 is 4.74 Å². The molecule has 1 aromatic heterocycles. The predicted molar refractivity (Wildman–Crippen MR) is 74.6 cm³/mol.